The molecular weight excluding hydrogens is 344 g/mol. The van der Waals surface area contributed by atoms with Crippen molar-refractivity contribution in [2.45, 2.75) is 25.4 Å². The van der Waals surface area contributed by atoms with Gasteiger partial charge in [0.2, 0.25) is 0 Å². The van der Waals surface area contributed by atoms with Gasteiger partial charge in [-0.1, -0.05) is 19.1 Å². The molecule has 0 heterocycles. The molecule has 2 atom stereocenters. The van der Waals surface area contributed by atoms with Crippen LogP contribution in [0.15, 0.2) is 54.3 Å². The molecule has 0 aliphatic heterocycles. The fourth-order valence-electron chi connectivity index (χ4n) is 3.52. The molecule has 5 heteroatoms. The molecule has 1 aromatic carbocycles. The van der Waals surface area contributed by atoms with Crippen molar-refractivity contribution < 1.29 is 23.7 Å². The molecule has 0 spiro atoms. The summed E-state index contributed by atoms with van der Waals surface area (Å²) in [6, 6.07) is 5.84. The quantitative estimate of drug-likeness (QED) is 0.616. The molecule has 0 unspecified atom stereocenters. The first-order valence-electron chi connectivity index (χ1n) is 8.84. The van der Waals surface area contributed by atoms with E-state index >= 15 is 0 Å². The van der Waals surface area contributed by atoms with E-state index in [9.17, 15) is 4.79 Å². The molecule has 0 bridgehead atoms. The van der Waals surface area contributed by atoms with Crippen LogP contribution in [0.2, 0.25) is 0 Å². The second-order valence-corrected chi connectivity index (χ2v) is 6.53. The van der Waals surface area contributed by atoms with Gasteiger partial charge in [-0.05, 0) is 36.6 Å². The fourth-order valence-corrected chi connectivity index (χ4v) is 3.52. The Bertz CT molecular complexity index is 762. The molecule has 1 aromatic rings. The number of methoxy groups -OCH3 is 4. The van der Waals surface area contributed by atoms with Crippen molar-refractivity contribution in [2.24, 2.45) is 5.92 Å². The summed E-state index contributed by atoms with van der Waals surface area (Å²) in [6.45, 7) is 5.81. The summed E-state index contributed by atoms with van der Waals surface area (Å²) in [5.41, 5.74) is 0.906. The summed E-state index contributed by atoms with van der Waals surface area (Å²) in [4.78, 5) is 12.3. The van der Waals surface area contributed by atoms with Crippen molar-refractivity contribution in [1.82, 2.24) is 0 Å². The van der Waals surface area contributed by atoms with E-state index in [0.29, 0.717) is 35.7 Å². The van der Waals surface area contributed by atoms with E-state index in [1.165, 1.54) is 6.08 Å². The van der Waals surface area contributed by atoms with Crippen molar-refractivity contribution >= 4 is 5.78 Å². The molecule has 1 aliphatic carbocycles. The number of benzene rings is 1. The summed E-state index contributed by atoms with van der Waals surface area (Å²) >= 11 is 0. The van der Waals surface area contributed by atoms with E-state index in [1.807, 2.05) is 24.3 Å². The molecular formula is C22H28O5. The van der Waals surface area contributed by atoms with Crippen LogP contribution in [0.1, 0.15) is 18.9 Å². The van der Waals surface area contributed by atoms with Gasteiger partial charge in [-0.25, -0.2) is 0 Å². The number of ether oxygens (including phenoxy) is 4. The van der Waals surface area contributed by atoms with Gasteiger partial charge in [0, 0.05) is 24.7 Å². The Balaban J connectivity index is 2.40. The van der Waals surface area contributed by atoms with E-state index in [1.54, 1.807) is 34.5 Å². The SMILES string of the molecule is C=CCC1=C[C@@](OC)([C@@H](C)Cc2ccc(OC)c(OC)c2)C(OC)=CC1=O. The van der Waals surface area contributed by atoms with E-state index in [0.717, 1.165) is 5.56 Å². The maximum atomic E-state index is 12.3. The predicted molar refractivity (Wildman–Crippen MR) is 105 cm³/mol. The van der Waals surface area contributed by atoms with Crippen molar-refractivity contribution in [3.63, 3.8) is 0 Å². The second-order valence-electron chi connectivity index (χ2n) is 6.53. The van der Waals surface area contributed by atoms with Gasteiger partial charge in [0.15, 0.2) is 17.3 Å². The van der Waals surface area contributed by atoms with Crippen LogP contribution < -0.4 is 9.47 Å². The highest BCUT2D eigenvalue weighted by atomic mass is 16.5. The lowest BCUT2D eigenvalue weighted by Gasteiger charge is -2.39. The summed E-state index contributed by atoms with van der Waals surface area (Å²) in [5.74, 6) is 1.80. The van der Waals surface area contributed by atoms with Gasteiger partial charge >= 0.3 is 0 Å². The summed E-state index contributed by atoms with van der Waals surface area (Å²) in [6.07, 6.45) is 6.30. The summed E-state index contributed by atoms with van der Waals surface area (Å²) in [7, 11) is 6.42. The molecule has 0 aromatic heterocycles. The Labute approximate surface area is 161 Å². The third kappa shape index (κ3) is 4.08. The Hall–Kier alpha value is -2.53. The molecule has 0 radical (unpaired) electrons. The maximum Gasteiger partial charge on any atom is 0.185 e. The number of carbonyl (C=O) groups excluding carboxylic acids is 1. The molecule has 146 valence electrons. The highest BCUT2D eigenvalue weighted by Gasteiger charge is 2.43. The number of hydrogen-bond acceptors (Lipinski definition) is 5. The molecule has 1 aliphatic rings. The van der Waals surface area contributed by atoms with E-state index in [2.05, 4.69) is 13.5 Å². The second kappa shape index (κ2) is 8.91. The Morgan fingerprint density at radius 3 is 2.37 bits per heavy atom. The lowest BCUT2D eigenvalue weighted by molar-refractivity contribution is -0.112. The Morgan fingerprint density at radius 2 is 1.81 bits per heavy atom. The lowest BCUT2D eigenvalue weighted by Crippen LogP contribution is -2.43. The van der Waals surface area contributed by atoms with Crippen LogP contribution in [-0.4, -0.2) is 39.8 Å². The van der Waals surface area contributed by atoms with Gasteiger partial charge < -0.3 is 18.9 Å². The average molecular weight is 372 g/mol. The smallest absolute Gasteiger partial charge is 0.185 e. The predicted octanol–water partition coefficient (Wildman–Crippen LogP) is 3.88. The zero-order valence-corrected chi connectivity index (χ0v) is 16.7. The molecule has 2 rings (SSSR count). The number of carbonyl (C=O) groups is 1. The number of allylic oxidation sites excluding steroid dienone is 3. The molecule has 0 saturated carbocycles. The number of rotatable bonds is 9. The van der Waals surface area contributed by atoms with Crippen molar-refractivity contribution in [3.05, 3.63) is 59.9 Å². The van der Waals surface area contributed by atoms with Gasteiger partial charge in [0.1, 0.15) is 11.4 Å². The summed E-state index contributed by atoms with van der Waals surface area (Å²) < 4.78 is 22.2. The van der Waals surface area contributed by atoms with Crippen LogP contribution in [-0.2, 0) is 20.7 Å². The minimum atomic E-state index is -0.825. The van der Waals surface area contributed by atoms with Crippen LogP contribution in [0.25, 0.3) is 0 Å². The normalized spacial score (nSPS) is 20.4. The topological polar surface area (TPSA) is 54.0 Å². The van der Waals surface area contributed by atoms with E-state index in [-0.39, 0.29) is 11.7 Å². The minimum absolute atomic E-state index is 0.000263. The zero-order valence-electron chi connectivity index (χ0n) is 16.7. The lowest BCUT2D eigenvalue weighted by atomic mass is 9.77. The van der Waals surface area contributed by atoms with E-state index in [4.69, 9.17) is 18.9 Å². The third-order valence-electron chi connectivity index (χ3n) is 5.00. The summed E-state index contributed by atoms with van der Waals surface area (Å²) in [5, 5.41) is 0. The van der Waals surface area contributed by atoms with Crippen LogP contribution in [0.5, 0.6) is 11.5 Å². The standard InChI is InChI=1S/C22H28O5/c1-7-8-17-14-22(27-6,21(26-5)13-18(17)23)15(2)11-16-9-10-19(24-3)20(12-16)25-4/h7,9-10,12-15H,1,8,11H2,2-6H3/t15-,22+/m0/s1. The third-order valence-corrected chi connectivity index (χ3v) is 5.00. The monoisotopic (exact) mass is 372 g/mol. The largest absolute Gasteiger partial charge is 0.498 e. The molecule has 0 amide bonds. The molecule has 0 saturated heterocycles. The first kappa shape index (κ1) is 20.8. The van der Waals surface area contributed by atoms with Crippen LogP contribution in [0, 0.1) is 5.92 Å². The number of hydrogen-bond donors (Lipinski definition) is 0. The Kier molecular flexibility index (Phi) is 6.86. The molecule has 5 nitrogen and oxygen atoms in total. The highest BCUT2D eigenvalue weighted by Crippen LogP contribution is 2.39. The van der Waals surface area contributed by atoms with E-state index < -0.39 is 5.60 Å². The van der Waals surface area contributed by atoms with Crippen LogP contribution in [0.4, 0.5) is 0 Å². The Morgan fingerprint density at radius 1 is 1.11 bits per heavy atom. The first-order valence-corrected chi connectivity index (χ1v) is 8.84. The van der Waals surface area contributed by atoms with Crippen molar-refractivity contribution in [1.29, 1.82) is 0 Å². The van der Waals surface area contributed by atoms with Gasteiger partial charge in [0.05, 0.1) is 21.3 Å². The first-order chi connectivity index (χ1) is 12.9. The van der Waals surface area contributed by atoms with Gasteiger partial charge in [0.25, 0.3) is 0 Å². The van der Waals surface area contributed by atoms with Crippen LogP contribution in [0.3, 0.4) is 0 Å². The van der Waals surface area contributed by atoms with Gasteiger partial charge in [-0.3, -0.25) is 4.79 Å². The zero-order chi connectivity index (χ0) is 20.0. The van der Waals surface area contributed by atoms with Gasteiger partial charge in [-0.2, -0.15) is 0 Å². The van der Waals surface area contributed by atoms with Gasteiger partial charge in [-0.15, -0.1) is 6.58 Å². The molecule has 0 N–H and O–H groups in total. The molecule has 0 fully saturated rings. The fraction of sp³-hybridized carbons (Fsp3) is 0.409. The maximum absolute atomic E-state index is 12.3. The number of ketones is 1. The highest BCUT2D eigenvalue weighted by molar-refractivity contribution is 6.06. The minimum Gasteiger partial charge on any atom is -0.498 e. The molecule has 27 heavy (non-hydrogen) atoms. The van der Waals surface area contributed by atoms with Crippen molar-refractivity contribution in [3.8, 4) is 11.5 Å². The van der Waals surface area contributed by atoms with Crippen molar-refractivity contribution in [2.75, 3.05) is 28.4 Å². The average Bonchev–Trinajstić information content (AvgIpc) is 2.69. The van der Waals surface area contributed by atoms with Crippen LogP contribution >= 0.6 is 0 Å².